The Balaban J connectivity index is 1.54. The summed E-state index contributed by atoms with van der Waals surface area (Å²) in [5.41, 5.74) is 3.91. The lowest BCUT2D eigenvalue weighted by Gasteiger charge is -2.36. The zero-order valence-corrected chi connectivity index (χ0v) is 18.7. The standard InChI is InChI=1S/C23H33N5O2/c1-16-6-8-19(9-7-16)22(26(3)4)23(30)28-12-10-18(11-13-28)14-21(29)25-20-15-24-27(5)17(20)2/h6-9,15,18,22H,10-14H2,1-5H3,(H,25,29). The Morgan fingerprint density at radius 1 is 1.17 bits per heavy atom. The lowest BCUT2D eigenvalue weighted by Crippen LogP contribution is -2.44. The smallest absolute Gasteiger partial charge is 0.244 e. The van der Waals surface area contributed by atoms with Crippen LogP contribution in [0.15, 0.2) is 30.5 Å². The number of carbonyl (C=O) groups excluding carboxylic acids is 2. The first-order chi connectivity index (χ1) is 14.3. The van der Waals surface area contributed by atoms with Crippen LogP contribution in [0, 0.1) is 19.8 Å². The Morgan fingerprint density at radius 2 is 1.80 bits per heavy atom. The van der Waals surface area contributed by atoms with Crippen LogP contribution < -0.4 is 5.32 Å². The fourth-order valence-corrected chi connectivity index (χ4v) is 4.03. The SMILES string of the molecule is Cc1ccc(C(C(=O)N2CCC(CC(=O)Nc3cnn(C)c3C)CC2)N(C)C)cc1. The summed E-state index contributed by atoms with van der Waals surface area (Å²) in [5, 5.41) is 7.12. The molecule has 0 aliphatic carbocycles. The third-order valence-corrected chi connectivity index (χ3v) is 6.05. The molecule has 0 spiro atoms. The van der Waals surface area contributed by atoms with Crippen LogP contribution in [0.4, 0.5) is 5.69 Å². The Labute approximate surface area is 179 Å². The largest absolute Gasteiger partial charge is 0.341 e. The highest BCUT2D eigenvalue weighted by Gasteiger charge is 2.31. The highest BCUT2D eigenvalue weighted by atomic mass is 16.2. The van der Waals surface area contributed by atoms with Crippen molar-refractivity contribution in [3.63, 3.8) is 0 Å². The summed E-state index contributed by atoms with van der Waals surface area (Å²) < 4.78 is 1.74. The van der Waals surface area contributed by atoms with Gasteiger partial charge in [-0.05, 0) is 52.3 Å². The quantitative estimate of drug-likeness (QED) is 0.794. The highest BCUT2D eigenvalue weighted by Crippen LogP contribution is 2.27. The van der Waals surface area contributed by atoms with Crippen molar-refractivity contribution in [2.24, 2.45) is 13.0 Å². The van der Waals surface area contributed by atoms with E-state index < -0.39 is 0 Å². The molecule has 1 N–H and O–H groups in total. The number of anilines is 1. The van der Waals surface area contributed by atoms with Crippen LogP contribution in [0.5, 0.6) is 0 Å². The number of nitrogens with one attached hydrogen (secondary N) is 1. The molecule has 2 heterocycles. The third-order valence-electron chi connectivity index (χ3n) is 6.05. The number of likely N-dealkylation sites (tertiary alicyclic amines) is 1. The summed E-state index contributed by atoms with van der Waals surface area (Å²) in [6, 6.07) is 7.89. The summed E-state index contributed by atoms with van der Waals surface area (Å²) in [7, 11) is 5.75. The van der Waals surface area contributed by atoms with Gasteiger partial charge in [0.1, 0.15) is 6.04 Å². The second-order valence-electron chi connectivity index (χ2n) is 8.57. The second kappa shape index (κ2) is 9.43. The topological polar surface area (TPSA) is 70.5 Å². The average Bonchev–Trinajstić information content (AvgIpc) is 3.02. The molecule has 7 heteroatoms. The van der Waals surface area contributed by atoms with Crippen LogP contribution in [0.2, 0.25) is 0 Å². The molecule has 3 rings (SSSR count). The molecule has 1 aromatic heterocycles. The van der Waals surface area contributed by atoms with Gasteiger partial charge in [0.25, 0.3) is 0 Å². The first kappa shape index (κ1) is 22.0. The summed E-state index contributed by atoms with van der Waals surface area (Å²) in [6.07, 6.45) is 3.85. The lowest BCUT2D eigenvalue weighted by atomic mass is 9.92. The second-order valence-corrected chi connectivity index (χ2v) is 8.57. The van der Waals surface area contributed by atoms with Crippen LogP contribution in [-0.2, 0) is 16.6 Å². The Kier molecular flexibility index (Phi) is 6.92. The molecule has 0 bridgehead atoms. The van der Waals surface area contributed by atoms with Crippen molar-refractivity contribution in [2.75, 3.05) is 32.5 Å². The summed E-state index contributed by atoms with van der Waals surface area (Å²) in [6.45, 7) is 5.37. The zero-order chi connectivity index (χ0) is 21.8. The summed E-state index contributed by atoms with van der Waals surface area (Å²) in [5.74, 6) is 0.447. The van der Waals surface area contributed by atoms with E-state index in [1.165, 1.54) is 5.56 Å². The van der Waals surface area contributed by atoms with Gasteiger partial charge in [0.05, 0.1) is 17.6 Å². The average molecular weight is 412 g/mol. The number of likely N-dealkylation sites (N-methyl/N-ethyl adjacent to an activating group) is 1. The molecule has 1 aliphatic heterocycles. The molecule has 1 atom stereocenters. The van der Waals surface area contributed by atoms with Crippen molar-refractivity contribution in [1.82, 2.24) is 19.6 Å². The number of piperidine rings is 1. The highest BCUT2D eigenvalue weighted by molar-refractivity contribution is 5.91. The molecule has 1 aliphatic rings. The molecule has 2 amide bonds. The number of rotatable bonds is 6. The number of carbonyl (C=O) groups is 2. The monoisotopic (exact) mass is 411 g/mol. The summed E-state index contributed by atoms with van der Waals surface area (Å²) in [4.78, 5) is 29.6. The maximum absolute atomic E-state index is 13.2. The van der Waals surface area contributed by atoms with Crippen LogP contribution in [-0.4, -0.2) is 58.6 Å². The molecule has 1 aromatic carbocycles. The predicted octanol–water partition coefficient (Wildman–Crippen LogP) is 2.91. The fraction of sp³-hybridized carbons (Fsp3) is 0.522. The van der Waals surface area contributed by atoms with Crippen molar-refractivity contribution in [3.8, 4) is 0 Å². The lowest BCUT2D eigenvalue weighted by molar-refractivity contribution is -0.137. The molecule has 162 valence electrons. The van der Waals surface area contributed by atoms with Gasteiger partial charge < -0.3 is 10.2 Å². The number of nitrogens with zero attached hydrogens (tertiary/aromatic N) is 4. The van der Waals surface area contributed by atoms with Crippen LogP contribution in [0.1, 0.15) is 42.1 Å². The van der Waals surface area contributed by atoms with Gasteiger partial charge >= 0.3 is 0 Å². The third kappa shape index (κ3) is 5.08. The van der Waals surface area contributed by atoms with Gasteiger partial charge in [0.15, 0.2) is 0 Å². The van der Waals surface area contributed by atoms with E-state index in [1.54, 1.807) is 10.9 Å². The van der Waals surface area contributed by atoms with Gasteiger partial charge in [-0.3, -0.25) is 19.2 Å². The fourth-order valence-electron chi connectivity index (χ4n) is 4.03. The van der Waals surface area contributed by atoms with Gasteiger partial charge in [-0.2, -0.15) is 5.10 Å². The van der Waals surface area contributed by atoms with Gasteiger partial charge in [0.2, 0.25) is 11.8 Å². The molecular formula is C23H33N5O2. The number of hydrogen-bond acceptors (Lipinski definition) is 4. The van der Waals surface area contributed by atoms with Gasteiger partial charge in [-0.15, -0.1) is 0 Å². The molecule has 1 saturated heterocycles. The molecule has 1 unspecified atom stereocenters. The van der Waals surface area contributed by atoms with Crippen LogP contribution >= 0.6 is 0 Å². The van der Waals surface area contributed by atoms with Crippen molar-refractivity contribution in [1.29, 1.82) is 0 Å². The van der Waals surface area contributed by atoms with E-state index in [2.05, 4.69) is 10.4 Å². The van der Waals surface area contributed by atoms with E-state index in [1.807, 2.05) is 69.1 Å². The minimum Gasteiger partial charge on any atom is -0.341 e. The first-order valence-corrected chi connectivity index (χ1v) is 10.6. The predicted molar refractivity (Wildman–Crippen MR) is 118 cm³/mol. The molecular weight excluding hydrogens is 378 g/mol. The van der Waals surface area contributed by atoms with Gasteiger partial charge in [-0.1, -0.05) is 29.8 Å². The number of aryl methyl sites for hydroxylation is 2. The number of benzene rings is 1. The van der Waals surface area contributed by atoms with Crippen molar-refractivity contribution in [2.45, 2.75) is 39.2 Å². The normalized spacial score (nSPS) is 16.0. The Bertz CT molecular complexity index is 879. The minimum absolute atomic E-state index is 0.0155. The van der Waals surface area contributed by atoms with Gasteiger partial charge in [0, 0.05) is 26.6 Å². The van der Waals surface area contributed by atoms with Gasteiger partial charge in [-0.25, -0.2) is 0 Å². The van der Waals surface area contributed by atoms with E-state index in [-0.39, 0.29) is 17.9 Å². The molecule has 0 radical (unpaired) electrons. The molecule has 30 heavy (non-hydrogen) atoms. The maximum Gasteiger partial charge on any atom is 0.244 e. The Hall–Kier alpha value is -2.67. The van der Waals surface area contributed by atoms with Crippen molar-refractivity contribution >= 4 is 17.5 Å². The molecule has 2 aromatic rings. The molecule has 1 fully saturated rings. The minimum atomic E-state index is -0.279. The molecule has 7 nitrogen and oxygen atoms in total. The molecule has 0 saturated carbocycles. The van der Waals surface area contributed by atoms with E-state index in [0.717, 1.165) is 29.8 Å². The van der Waals surface area contributed by atoms with Crippen molar-refractivity contribution in [3.05, 3.63) is 47.3 Å². The van der Waals surface area contributed by atoms with E-state index in [4.69, 9.17) is 0 Å². The number of aromatic nitrogens is 2. The first-order valence-electron chi connectivity index (χ1n) is 10.6. The Morgan fingerprint density at radius 3 is 2.33 bits per heavy atom. The van der Waals surface area contributed by atoms with E-state index >= 15 is 0 Å². The number of amides is 2. The maximum atomic E-state index is 13.2. The number of hydrogen-bond donors (Lipinski definition) is 1. The van der Waals surface area contributed by atoms with E-state index in [0.29, 0.717) is 25.4 Å². The van der Waals surface area contributed by atoms with E-state index in [9.17, 15) is 9.59 Å². The van der Waals surface area contributed by atoms with Crippen LogP contribution in [0.3, 0.4) is 0 Å². The van der Waals surface area contributed by atoms with Crippen LogP contribution in [0.25, 0.3) is 0 Å². The zero-order valence-electron chi connectivity index (χ0n) is 18.7. The van der Waals surface area contributed by atoms with Crippen molar-refractivity contribution < 1.29 is 9.59 Å². The summed E-state index contributed by atoms with van der Waals surface area (Å²) >= 11 is 0.